The van der Waals surface area contributed by atoms with Gasteiger partial charge in [-0.05, 0) is 44.0 Å². The molecule has 0 saturated carbocycles. The number of hydrogen-bond donors (Lipinski definition) is 1. The second kappa shape index (κ2) is 3.66. The van der Waals surface area contributed by atoms with E-state index in [-0.39, 0.29) is 0 Å². The fraction of sp³-hybridized carbons (Fsp3) is 0. The average molecular weight is 319 g/mol. The number of nitrogen functional groups attached to an aromatic ring is 1. The Bertz CT molecular complexity index is 430. The van der Waals surface area contributed by atoms with Gasteiger partial charge in [-0.15, -0.1) is 15.0 Å². The number of rotatable bonds is 1. The second-order valence-electron chi connectivity index (χ2n) is 2.50. The molecule has 0 aliphatic carbocycles. The zero-order chi connectivity index (χ0) is 10.1. The third kappa shape index (κ3) is 1.78. The van der Waals surface area contributed by atoms with E-state index in [0.29, 0.717) is 16.2 Å². The van der Waals surface area contributed by atoms with Crippen molar-refractivity contribution in [1.29, 1.82) is 0 Å². The van der Waals surface area contributed by atoms with Crippen LogP contribution in [0.5, 0.6) is 0 Å². The highest BCUT2D eigenvalue weighted by Gasteiger charge is 2.06. The molecule has 2 rings (SSSR count). The minimum absolute atomic E-state index is 0.342. The summed E-state index contributed by atoms with van der Waals surface area (Å²) in [5.74, 6) is 0.959. The van der Waals surface area contributed by atoms with Gasteiger partial charge in [-0.3, -0.25) is 0 Å². The molecule has 2 aromatic rings. The summed E-state index contributed by atoms with van der Waals surface area (Å²) in [6, 6.07) is 3.64. The Morgan fingerprint density at radius 1 is 1.21 bits per heavy atom. The SMILES string of the molecule is Nc1nn(-c2ccc(Br)cn2)nc1Br. The van der Waals surface area contributed by atoms with Crippen molar-refractivity contribution in [2.45, 2.75) is 0 Å². The molecule has 0 amide bonds. The van der Waals surface area contributed by atoms with Crippen LogP contribution in [0.1, 0.15) is 0 Å². The Hall–Kier alpha value is -0.950. The first-order chi connectivity index (χ1) is 6.66. The lowest BCUT2D eigenvalue weighted by atomic mass is 10.5. The molecule has 14 heavy (non-hydrogen) atoms. The number of nitrogens with two attached hydrogens (primary N) is 1. The van der Waals surface area contributed by atoms with Crippen LogP contribution < -0.4 is 5.73 Å². The molecule has 0 saturated heterocycles. The zero-order valence-electron chi connectivity index (χ0n) is 6.85. The van der Waals surface area contributed by atoms with Gasteiger partial charge in [0.25, 0.3) is 0 Å². The van der Waals surface area contributed by atoms with E-state index in [0.717, 1.165) is 4.47 Å². The molecule has 5 nitrogen and oxygen atoms in total. The first-order valence-corrected chi connectivity index (χ1v) is 5.25. The number of nitrogens with zero attached hydrogens (tertiary/aromatic N) is 4. The quantitative estimate of drug-likeness (QED) is 0.870. The first kappa shape index (κ1) is 9.60. The Morgan fingerprint density at radius 2 is 2.00 bits per heavy atom. The molecule has 72 valence electrons. The van der Waals surface area contributed by atoms with Crippen molar-refractivity contribution in [2.24, 2.45) is 0 Å². The van der Waals surface area contributed by atoms with Gasteiger partial charge in [-0.1, -0.05) is 0 Å². The van der Waals surface area contributed by atoms with Crippen molar-refractivity contribution < 1.29 is 0 Å². The Kier molecular flexibility index (Phi) is 2.51. The van der Waals surface area contributed by atoms with Crippen molar-refractivity contribution in [3.8, 4) is 5.82 Å². The second-order valence-corrected chi connectivity index (χ2v) is 4.17. The van der Waals surface area contributed by atoms with Crippen LogP contribution in [0.3, 0.4) is 0 Å². The average Bonchev–Trinajstić information content (AvgIpc) is 2.48. The third-order valence-electron chi connectivity index (χ3n) is 1.51. The van der Waals surface area contributed by atoms with Gasteiger partial charge in [0.2, 0.25) is 0 Å². The largest absolute Gasteiger partial charge is 0.380 e. The number of aromatic nitrogens is 4. The summed E-state index contributed by atoms with van der Waals surface area (Å²) in [6.45, 7) is 0. The van der Waals surface area contributed by atoms with E-state index in [4.69, 9.17) is 5.73 Å². The lowest BCUT2D eigenvalue weighted by molar-refractivity contribution is 0.727. The highest BCUT2D eigenvalue weighted by Crippen LogP contribution is 2.15. The summed E-state index contributed by atoms with van der Waals surface area (Å²) in [5, 5.41) is 8.00. The molecule has 0 aromatic carbocycles. The van der Waals surface area contributed by atoms with Crippen LogP contribution in [0, 0.1) is 0 Å². The Labute approximate surface area is 96.6 Å². The maximum Gasteiger partial charge on any atom is 0.181 e. The Balaban J connectivity index is 2.44. The van der Waals surface area contributed by atoms with Gasteiger partial charge in [-0.25, -0.2) is 4.98 Å². The van der Waals surface area contributed by atoms with Crippen LogP contribution in [-0.4, -0.2) is 20.0 Å². The highest BCUT2D eigenvalue weighted by molar-refractivity contribution is 9.10. The minimum Gasteiger partial charge on any atom is -0.380 e. The van der Waals surface area contributed by atoms with E-state index in [1.54, 1.807) is 12.3 Å². The van der Waals surface area contributed by atoms with Crippen molar-refractivity contribution >= 4 is 37.7 Å². The maximum absolute atomic E-state index is 5.53. The lowest BCUT2D eigenvalue weighted by Crippen LogP contribution is -2.01. The predicted molar refractivity (Wildman–Crippen MR) is 59.0 cm³/mol. The van der Waals surface area contributed by atoms with E-state index in [2.05, 4.69) is 47.0 Å². The molecule has 2 aromatic heterocycles. The van der Waals surface area contributed by atoms with Crippen LogP contribution in [0.25, 0.3) is 5.82 Å². The lowest BCUT2D eigenvalue weighted by Gasteiger charge is -1.96. The fourth-order valence-electron chi connectivity index (χ4n) is 0.889. The van der Waals surface area contributed by atoms with Gasteiger partial charge in [-0.2, -0.15) is 0 Å². The fourth-order valence-corrected chi connectivity index (χ4v) is 1.35. The van der Waals surface area contributed by atoms with Gasteiger partial charge >= 0.3 is 0 Å². The topological polar surface area (TPSA) is 69.6 Å². The molecule has 0 bridgehead atoms. The van der Waals surface area contributed by atoms with E-state index in [1.165, 1.54) is 4.80 Å². The summed E-state index contributed by atoms with van der Waals surface area (Å²) < 4.78 is 1.42. The standard InChI is InChI=1S/C7H5Br2N5/c8-4-1-2-5(11-3-4)14-12-6(9)7(10)13-14/h1-3H,(H2,10,13). The summed E-state index contributed by atoms with van der Waals surface area (Å²) in [4.78, 5) is 5.48. The van der Waals surface area contributed by atoms with E-state index in [9.17, 15) is 0 Å². The molecule has 0 spiro atoms. The molecular weight excluding hydrogens is 314 g/mol. The Morgan fingerprint density at radius 3 is 2.50 bits per heavy atom. The van der Waals surface area contributed by atoms with E-state index >= 15 is 0 Å². The summed E-state index contributed by atoms with van der Waals surface area (Å²) in [7, 11) is 0. The van der Waals surface area contributed by atoms with Crippen molar-refractivity contribution in [3.63, 3.8) is 0 Å². The van der Waals surface area contributed by atoms with Crippen LogP contribution in [0.2, 0.25) is 0 Å². The summed E-state index contributed by atoms with van der Waals surface area (Å²) in [6.07, 6.45) is 1.67. The molecule has 0 aliphatic heterocycles. The van der Waals surface area contributed by atoms with Crippen molar-refractivity contribution in [3.05, 3.63) is 27.4 Å². The van der Waals surface area contributed by atoms with Gasteiger partial charge in [0.15, 0.2) is 16.2 Å². The van der Waals surface area contributed by atoms with Crippen LogP contribution in [0.4, 0.5) is 5.82 Å². The first-order valence-electron chi connectivity index (χ1n) is 3.67. The van der Waals surface area contributed by atoms with Gasteiger partial charge in [0.05, 0.1) is 0 Å². The van der Waals surface area contributed by atoms with Gasteiger partial charge in [0, 0.05) is 10.7 Å². The van der Waals surface area contributed by atoms with Gasteiger partial charge in [0.1, 0.15) is 0 Å². The van der Waals surface area contributed by atoms with E-state index < -0.39 is 0 Å². The van der Waals surface area contributed by atoms with Crippen molar-refractivity contribution in [2.75, 3.05) is 5.73 Å². The predicted octanol–water partition coefficient (Wildman–Crippen LogP) is 1.77. The third-order valence-corrected chi connectivity index (χ3v) is 2.55. The molecule has 0 unspecified atom stereocenters. The number of anilines is 1. The molecule has 7 heteroatoms. The maximum atomic E-state index is 5.53. The monoisotopic (exact) mass is 317 g/mol. The van der Waals surface area contributed by atoms with Crippen LogP contribution in [0.15, 0.2) is 27.4 Å². The van der Waals surface area contributed by atoms with Crippen LogP contribution >= 0.6 is 31.9 Å². The number of pyridine rings is 1. The van der Waals surface area contributed by atoms with Crippen LogP contribution in [-0.2, 0) is 0 Å². The summed E-state index contributed by atoms with van der Waals surface area (Å²) >= 11 is 6.46. The molecule has 0 atom stereocenters. The molecular formula is C7H5Br2N5. The van der Waals surface area contributed by atoms with Gasteiger partial charge < -0.3 is 5.73 Å². The summed E-state index contributed by atoms with van der Waals surface area (Å²) in [5.41, 5.74) is 5.53. The highest BCUT2D eigenvalue weighted by atomic mass is 79.9. The zero-order valence-corrected chi connectivity index (χ0v) is 10.0. The molecule has 2 N–H and O–H groups in total. The normalized spacial score (nSPS) is 10.4. The number of hydrogen-bond acceptors (Lipinski definition) is 4. The smallest absolute Gasteiger partial charge is 0.181 e. The molecule has 0 fully saturated rings. The van der Waals surface area contributed by atoms with Crippen molar-refractivity contribution in [1.82, 2.24) is 20.0 Å². The number of halogens is 2. The molecule has 0 radical (unpaired) electrons. The molecule has 2 heterocycles. The minimum atomic E-state index is 0.342. The molecule has 0 aliphatic rings. The van der Waals surface area contributed by atoms with E-state index in [1.807, 2.05) is 6.07 Å².